The van der Waals surface area contributed by atoms with Gasteiger partial charge in [-0.1, -0.05) is 117 Å². The van der Waals surface area contributed by atoms with Crippen molar-refractivity contribution in [1.82, 2.24) is 0 Å². The van der Waals surface area contributed by atoms with E-state index < -0.39 is 0 Å². The molecule has 7 rings (SSSR count). The molecule has 2 aliphatic carbocycles. The molecule has 57 heavy (non-hydrogen) atoms. The first kappa shape index (κ1) is 39.9. The van der Waals surface area contributed by atoms with Crippen molar-refractivity contribution in [2.45, 2.75) is 107 Å². The highest BCUT2D eigenvalue weighted by Gasteiger charge is 2.27. The normalized spacial score (nSPS) is 17.5. The van der Waals surface area contributed by atoms with Crippen molar-refractivity contribution in [3.8, 4) is 0 Å². The summed E-state index contributed by atoms with van der Waals surface area (Å²) in [5.41, 5.74) is 20.8. The van der Waals surface area contributed by atoms with Gasteiger partial charge in [0.25, 0.3) is 0 Å². The maximum atomic E-state index is 3.90. The monoisotopic (exact) mass is 754 g/mol. The molecule has 0 amide bonds. The fourth-order valence-electron chi connectivity index (χ4n) is 9.75. The van der Waals surface area contributed by atoms with Gasteiger partial charge in [0.2, 0.25) is 0 Å². The first-order valence-corrected chi connectivity index (χ1v) is 21.2. The summed E-state index contributed by atoms with van der Waals surface area (Å²) in [7, 11) is 0. The molecule has 2 aliphatic rings. The standard InChI is InChI=1S/C54H63N3/c1-12-57(54-40(10)31-44(33(2)3)32-41(54)11)46-23-19-43(20-24-46)51(42-17-21-45(22-18-42)55-52-36(6)27-34(4)28-37(52)7)49-25-26-50(48-16-14-13-15-47(48)49)56-53-38(8)29-35(5)30-39(53)9/h13-23,25-29,31-33,35,46,51,55-56H,12,24,30H2,1-11H3. The van der Waals surface area contributed by atoms with E-state index in [1.165, 1.54) is 89.1 Å². The van der Waals surface area contributed by atoms with E-state index in [-0.39, 0.29) is 5.92 Å². The van der Waals surface area contributed by atoms with Crippen LogP contribution >= 0.6 is 0 Å². The zero-order chi connectivity index (χ0) is 40.5. The second-order valence-corrected chi connectivity index (χ2v) is 17.3. The fourth-order valence-corrected chi connectivity index (χ4v) is 9.75. The SMILES string of the molecule is CCN(c1c(C)cc(C(C)C)cc1C)C1C=CC(C(c2ccc(Nc3c(C)cc(C)cc3C)cc2)c2ccc(NC3=C(C)CC(C)C=C3C)c3ccccc23)=CC1. The Morgan fingerprint density at radius 1 is 0.737 bits per heavy atom. The van der Waals surface area contributed by atoms with Crippen LogP contribution in [-0.2, 0) is 0 Å². The summed E-state index contributed by atoms with van der Waals surface area (Å²) in [6.07, 6.45) is 11.9. The number of benzene rings is 5. The van der Waals surface area contributed by atoms with Gasteiger partial charge in [-0.3, -0.25) is 0 Å². The second-order valence-electron chi connectivity index (χ2n) is 17.3. The lowest BCUT2D eigenvalue weighted by Gasteiger charge is -2.35. The molecule has 0 aromatic heterocycles. The van der Waals surface area contributed by atoms with E-state index >= 15 is 0 Å². The molecule has 0 spiro atoms. The van der Waals surface area contributed by atoms with Gasteiger partial charge in [-0.2, -0.15) is 0 Å². The van der Waals surface area contributed by atoms with Crippen molar-refractivity contribution in [2.24, 2.45) is 5.92 Å². The minimum atomic E-state index is 0.0695. The molecular formula is C54H63N3. The van der Waals surface area contributed by atoms with Crippen LogP contribution in [0, 0.1) is 40.5 Å². The summed E-state index contributed by atoms with van der Waals surface area (Å²) < 4.78 is 0. The van der Waals surface area contributed by atoms with Crippen molar-refractivity contribution in [2.75, 3.05) is 22.1 Å². The smallest absolute Gasteiger partial charge is 0.0510 e. The minimum Gasteiger partial charge on any atom is -0.365 e. The second kappa shape index (κ2) is 16.7. The molecule has 2 N–H and O–H groups in total. The molecule has 5 aromatic carbocycles. The highest BCUT2D eigenvalue weighted by molar-refractivity contribution is 5.98. The number of allylic oxidation sites excluding steroid dienone is 5. The lowest BCUT2D eigenvalue weighted by atomic mass is 9.79. The highest BCUT2D eigenvalue weighted by Crippen LogP contribution is 2.43. The van der Waals surface area contributed by atoms with Gasteiger partial charge in [0.05, 0.1) is 6.04 Å². The van der Waals surface area contributed by atoms with Crippen LogP contribution in [0.1, 0.15) is 111 Å². The average molecular weight is 754 g/mol. The number of rotatable bonds is 11. The van der Waals surface area contributed by atoms with Crippen LogP contribution in [0.15, 0.2) is 132 Å². The average Bonchev–Trinajstić information content (AvgIpc) is 3.17. The molecule has 3 unspecified atom stereocenters. The molecule has 3 nitrogen and oxygen atoms in total. The lowest BCUT2D eigenvalue weighted by molar-refractivity contribution is 0.692. The molecule has 5 aromatic rings. The van der Waals surface area contributed by atoms with Gasteiger partial charge in [0, 0.05) is 46.3 Å². The summed E-state index contributed by atoms with van der Waals surface area (Å²) in [4.78, 5) is 2.61. The van der Waals surface area contributed by atoms with Crippen molar-refractivity contribution in [1.29, 1.82) is 0 Å². The number of fused-ring (bicyclic) bond motifs is 1. The molecule has 0 saturated carbocycles. The summed E-state index contributed by atoms with van der Waals surface area (Å²) in [5, 5.41) is 10.2. The molecule has 0 aliphatic heterocycles. The summed E-state index contributed by atoms with van der Waals surface area (Å²) in [6, 6.07) is 32.4. The molecule has 0 heterocycles. The van der Waals surface area contributed by atoms with Gasteiger partial charge < -0.3 is 15.5 Å². The first-order chi connectivity index (χ1) is 27.3. The predicted molar refractivity (Wildman–Crippen MR) is 249 cm³/mol. The number of likely N-dealkylation sites (N-methyl/N-ethyl adjacent to an activating group) is 1. The molecule has 0 saturated heterocycles. The van der Waals surface area contributed by atoms with E-state index in [1.54, 1.807) is 0 Å². The molecule has 0 fully saturated rings. The molecule has 294 valence electrons. The van der Waals surface area contributed by atoms with Gasteiger partial charge in [-0.05, 0) is 159 Å². The third-order valence-corrected chi connectivity index (χ3v) is 12.4. The fraction of sp³-hybridized carbons (Fsp3) is 0.333. The Kier molecular flexibility index (Phi) is 11.7. The number of aryl methyl sites for hydroxylation is 5. The quantitative estimate of drug-likeness (QED) is 0.141. The van der Waals surface area contributed by atoms with E-state index in [0.717, 1.165) is 30.8 Å². The maximum Gasteiger partial charge on any atom is 0.0510 e. The van der Waals surface area contributed by atoms with Crippen molar-refractivity contribution in [3.05, 3.63) is 176 Å². The van der Waals surface area contributed by atoms with Crippen LogP contribution < -0.4 is 15.5 Å². The van der Waals surface area contributed by atoms with Gasteiger partial charge in [-0.15, -0.1) is 0 Å². The third kappa shape index (κ3) is 8.26. The van der Waals surface area contributed by atoms with Crippen molar-refractivity contribution >= 4 is 33.5 Å². The zero-order valence-electron chi connectivity index (χ0n) is 36.3. The van der Waals surface area contributed by atoms with E-state index in [2.05, 4.69) is 201 Å². The first-order valence-electron chi connectivity index (χ1n) is 21.2. The molecule has 0 bridgehead atoms. The molecule has 0 radical (unpaired) electrons. The lowest BCUT2D eigenvalue weighted by Crippen LogP contribution is -2.35. The van der Waals surface area contributed by atoms with Crippen molar-refractivity contribution in [3.63, 3.8) is 0 Å². The number of nitrogens with one attached hydrogen (secondary N) is 2. The van der Waals surface area contributed by atoms with E-state index in [0.29, 0.717) is 17.9 Å². The predicted octanol–water partition coefficient (Wildman–Crippen LogP) is 14.8. The Labute approximate surface area is 343 Å². The number of anilines is 4. The summed E-state index contributed by atoms with van der Waals surface area (Å²) in [6.45, 7) is 25.8. The Morgan fingerprint density at radius 3 is 2.00 bits per heavy atom. The molecular weight excluding hydrogens is 691 g/mol. The minimum absolute atomic E-state index is 0.0695. The van der Waals surface area contributed by atoms with Crippen LogP contribution in [0.5, 0.6) is 0 Å². The highest BCUT2D eigenvalue weighted by atomic mass is 15.2. The Balaban J connectivity index is 1.28. The summed E-state index contributed by atoms with van der Waals surface area (Å²) in [5.74, 6) is 1.16. The Morgan fingerprint density at radius 2 is 1.40 bits per heavy atom. The number of nitrogens with zero attached hydrogens (tertiary/aromatic N) is 1. The van der Waals surface area contributed by atoms with Crippen LogP contribution in [0.3, 0.4) is 0 Å². The van der Waals surface area contributed by atoms with Crippen molar-refractivity contribution < 1.29 is 0 Å². The van der Waals surface area contributed by atoms with Crippen LogP contribution in [0.4, 0.5) is 22.7 Å². The topological polar surface area (TPSA) is 27.3 Å². The Bertz CT molecular complexity index is 2370. The number of hydrogen-bond acceptors (Lipinski definition) is 3. The van der Waals surface area contributed by atoms with Gasteiger partial charge in [-0.25, -0.2) is 0 Å². The van der Waals surface area contributed by atoms with Crippen LogP contribution in [0.25, 0.3) is 10.8 Å². The Hall–Kier alpha value is -5.28. The van der Waals surface area contributed by atoms with Crippen LogP contribution in [0.2, 0.25) is 0 Å². The number of hydrogen-bond donors (Lipinski definition) is 2. The third-order valence-electron chi connectivity index (χ3n) is 12.4. The maximum absolute atomic E-state index is 3.90. The zero-order valence-corrected chi connectivity index (χ0v) is 36.3. The van der Waals surface area contributed by atoms with Gasteiger partial charge in [0.15, 0.2) is 0 Å². The van der Waals surface area contributed by atoms with E-state index in [9.17, 15) is 0 Å². The molecule has 3 atom stereocenters. The van der Waals surface area contributed by atoms with Crippen LogP contribution in [-0.4, -0.2) is 12.6 Å². The summed E-state index contributed by atoms with van der Waals surface area (Å²) >= 11 is 0. The van der Waals surface area contributed by atoms with Gasteiger partial charge in [0.1, 0.15) is 0 Å². The largest absolute Gasteiger partial charge is 0.365 e. The van der Waals surface area contributed by atoms with E-state index in [4.69, 9.17) is 0 Å². The molecule has 3 heteroatoms. The van der Waals surface area contributed by atoms with E-state index in [1.807, 2.05) is 0 Å². The van der Waals surface area contributed by atoms with Gasteiger partial charge >= 0.3 is 0 Å².